The average molecular weight is 297 g/mol. The lowest BCUT2D eigenvalue weighted by molar-refractivity contribution is 0.602. The van der Waals surface area contributed by atoms with E-state index in [9.17, 15) is 8.42 Å². The number of nitrogens with one attached hydrogen (secondary N) is 1. The van der Waals surface area contributed by atoms with Crippen LogP contribution in [0.15, 0.2) is 47.6 Å². The van der Waals surface area contributed by atoms with Crippen molar-refractivity contribution in [3.05, 3.63) is 53.3 Å². The van der Waals surface area contributed by atoms with Crippen LogP contribution < -0.4 is 5.32 Å². The zero-order chi connectivity index (χ0) is 13.9. The number of nitrogens with zero attached hydrogens (tertiary/aromatic N) is 1. The molecular weight excluding hydrogens is 284 g/mol. The molecule has 4 nitrogen and oxygen atoms in total. The Morgan fingerprint density at radius 2 is 1.89 bits per heavy atom. The molecule has 2 aromatic rings. The predicted octanol–water partition coefficient (Wildman–Crippen LogP) is 2.75. The molecule has 0 aliphatic carbocycles. The lowest BCUT2D eigenvalue weighted by Gasteiger charge is -2.10. The Kier molecular flexibility index (Phi) is 4.07. The van der Waals surface area contributed by atoms with Gasteiger partial charge < -0.3 is 5.32 Å². The van der Waals surface area contributed by atoms with Crippen LogP contribution in [0.4, 0.5) is 5.69 Å². The van der Waals surface area contributed by atoms with E-state index in [1.54, 1.807) is 24.5 Å². The fourth-order valence-corrected chi connectivity index (χ4v) is 2.40. The SMILES string of the molecule is CS(=O)(=O)c1ccc(Cl)c(NCc2ccncc2)c1. The van der Waals surface area contributed by atoms with Crippen LogP contribution in [-0.4, -0.2) is 19.7 Å². The van der Waals surface area contributed by atoms with E-state index in [0.717, 1.165) is 5.56 Å². The van der Waals surface area contributed by atoms with Crippen molar-refractivity contribution in [1.29, 1.82) is 0 Å². The normalized spacial score (nSPS) is 11.3. The van der Waals surface area contributed by atoms with Gasteiger partial charge in [-0.05, 0) is 35.9 Å². The van der Waals surface area contributed by atoms with Crippen LogP contribution in [0.2, 0.25) is 5.02 Å². The standard InChI is InChI=1S/C13H13ClN2O2S/c1-19(17,18)11-2-3-12(14)13(8-11)16-9-10-4-6-15-7-5-10/h2-8,16H,9H2,1H3. The van der Waals surface area contributed by atoms with Crippen molar-refractivity contribution >= 4 is 27.1 Å². The van der Waals surface area contributed by atoms with Gasteiger partial charge >= 0.3 is 0 Å². The molecule has 0 aliphatic rings. The molecule has 0 saturated heterocycles. The van der Waals surface area contributed by atoms with Crippen LogP contribution in [0.5, 0.6) is 0 Å². The highest BCUT2D eigenvalue weighted by molar-refractivity contribution is 7.90. The van der Waals surface area contributed by atoms with Crippen LogP contribution in [0.3, 0.4) is 0 Å². The molecule has 100 valence electrons. The highest BCUT2D eigenvalue weighted by Gasteiger charge is 2.10. The second kappa shape index (κ2) is 5.59. The zero-order valence-electron chi connectivity index (χ0n) is 10.3. The molecule has 1 aromatic carbocycles. The summed E-state index contributed by atoms with van der Waals surface area (Å²) in [6.45, 7) is 0.551. The smallest absolute Gasteiger partial charge is 0.175 e. The largest absolute Gasteiger partial charge is 0.380 e. The monoisotopic (exact) mass is 296 g/mol. The van der Waals surface area contributed by atoms with Crippen LogP contribution in [0, 0.1) is 0 Å². The summed E-state index contributed by atoms with van der Waals surface area (Å²) in [4.78, 5) is 4.18. The van der Waals surface area contributed by atoms with Gasteiger partial charge in [0.05, 0.1) is 15.6 Å². The molecular formula is C13H13ClN2O2S. The van der Waals surface area contributed by atoms with Gasteiger partial charge in [0.1, 0.15) is 0 Å². The summed E-state index contributed by atoms with van der Waals surface area (Å²) in [6.07, 6.45) is 4.57. The van der Waals surface area contributed by atoms with E-state index >= 15 is 0 Å². The fraction of sp³-hybridized carbons (Fsp3) is 0.154. The molecule has 0 spiro atoms. The van der Waals surface area contributed by atoms with Gasteiger partial charge in [-0.2, -0.15) is 0 Å². The molecule has 0 fully saturated rings. The van der Waals surface area contributed by atoms with Gasteiger partial charge in [-0.25, -0.2) is 8.42 Å². The quantitative estimate of drug-likeness (QED) is 0.942. The van der Waals surface area contributed by atoms with Crippen molar-refractivity contribution in [1.82, 2.24) is 4.98 Å². The number of anilines is 1. The Bertz CT molecular complexity index is 672. The summed E-state index contributed by atoms with van der Waals surface area (Å²) in [6, 6.07) is 8.36. The lowest BCUT2D eigenvalue weighted by Crippen LogP contribution is -2.03. The fourth-order valence-electron chi connectivity index (χ4n) is 1.57. The van der Waals surface area contributed by atoms with E-state index in [2.05, 4.69) is 10.3 Å². The number of aromatic nitrogens is 1. The van der Waals surface area contributed by atoms with E-state index in [1.807, 2.05) is 12.1 Å². The van der Waals surface area contributed by atoms with Crippen molar-refractivity contribution < 1.29 is 8.42 Å². The summed E-state index contributed by atoms with van der Waals surface area (Å²) in [7, 11) is -3.23. The number of benzene rings is 1. The third-order valence-corrected chi connectivity index (χ3v) is 4.04. The van der Waals surface area contributed by atoms with Gasteiger partial charge in [0.2, 0.25) is 0 Å². The minimum absolute atomic E-state index is 0.245. The molecule has 0 bridgehead atoms. The molecule has 0 amide bonds. The van der Waals surface area contributed by atoms with E-state index in [4.69, 9.17) is 11.6 Å². The number of rotatable bonds is 4. The molecule has 19 heavy (non-hydrogen) atoms. The van der Waals surface area contributed by atoms with Crippen LogP contribution >= 0.6 is 11.6 Å². The van der Waals surface area contributed by atoms with Crippen LogP contribution in [-0.2, 0) is 16.4 Å². The number of hydrogen-bond donors (Lipinski definition) is 1. The minimum atomic E-state index is -3.23. The summed E-state index contributed by atoms with van der Waals surface area (Å²) >= 11 is 6.04. The third kappa shape index (κ3) is 3.68. The summed E-state index contributed by atoms with van der Waals surface area (Å²) in [5.41, 5.74) is 1.64. The topological polar surface area (TPSA) is 59.1 Å². The van der Waals surface area contributed by atoms with Gasteiger partial charge in [-0.15, -0.1) is 0 Å². The first-order valence-electron chi connectivity index (χ1n) is 5.59. The van der Waals surface area contributed by atoms with Gasteiger partial charge in [0.15, 0.2) is 9.84 Å². The molecule has 6 heteroatoms. The second-order valence-electron chi connectivity index (χ2n) is 4.12. The molecule has 0 atom stereocenters. The first-order valence-corrected chi connectivity index (χ1v) is 7.86. The van der Waals surface area contributed by atoms with Gasteiger partial charge in [0, 0.05) is 25.2 Å². The highest BCUT2D eigenvalue weighted by Crippen LogP contribution is 2.25. The van der Waals surface area contributed by atoms with Crippen molar-refractivity contribution in [2.45, 2.75) is 11.4 Å². The zero-order valence-corrected chi connectivity index (χ0v) is 11.9. The summed E-state index contributed by atoms with van der Waals surface area (Å²) in [5, 5.41) is 3.61. The van der Waals surface area contributed by atoms with E-state index in [-0.39, 0.29) is 4.90 Å². The molecule has 2 rings (SSSR count). The Hall–Kier alpha value is -1.59. The van der Waals surface area contributed by atoms with Crippen LogP contribution in [0.1, 0.15) is 5.56 Å². The first-order chi connectivity index (χ1) is 8.97. The van der Waals surface area contributed by atoms with Gasteiger partial charge in [-0.1, -0.05) is 11.6 Å². The molecule has 0 unspecified atom stereocenters. The Labute approximate surface area is 117 Å². The number of hydrogen-bond acceptors (Lipinski definition) is 4. The molecule has 1 heterocycles. The summed E-state index contributed by atoms with van der Waals surface area (Å²) in [5.74, 6) is 0. The highest BCUT2D eigenvalue weighted by atomic mass is 35.5. The van der Waals surface area contributed by atoms with Crippen molar-refractivity contribution in [2.24, 2.45) is 0 Å². The van der Waals surface area contributed by atoms with Crippen LogP contribution in [0.25, 0.3) is 0 Å². The first kappa shape index (κ1) is 13.8. The van der Waals surface area contributed by atoms with Crippen molar-refractivity contribution in [3.63, 3.8) is 0 Å². The molecule has 1 aromatic heterocycles. The third-order valence-electron chi connectivity index (χ3n) is 2.60. The molecule has 1 N–H and O–H groups in total. The van der Waals surface area contributed by atoms with Crippen molar-refractivity contribution in [3.8, 4) is 0 Å². The maximum Gasteiger partial charge on any atom is 0.175 e. The maximum atomic E-state index is 11.5. The maximum absolute atomic E-state index is 11.5. The summed E-state index contributed by atoms with van der Waals surface area (Å²) < 4.78 is 23.0. The number of halogens is 1. The van der Waals surface area contributed by atoms with Crippen molar-refractivity contribution in [2.75, 3.05) is 11.6 Å². The Morgan fingerprint density at radius 1 is 1.21 bits per heavy atom. The van der Waals surface area contributed by atoms with Gasteiger partial charge in [0.25, 0.3) is 0 Å². The molecule has 0 saturated carbocycles. The molecule has 0 radical (unpaired) electrons. The number of sulfone groups is 1. The molecule has 0 aliphatic heterocycles. The van der Waals surface area contributed by atoms with E-state index in [0.29, 0.717) is 17.3 Å². The van der Waals surface area contributed by atoms with Gasteiger partial charge in [-0.3, -0.25) is 4.98 Å². The van der Waals surface area contributed by atoms with E-state index in [1.165, 1.54) is 12.3 Å². The second-order valence-corrected chi connectivity index (χ2v) is 6.55. The minimum Gasteiger partial charge on any atom is -0.380 e. The predicted molar refractivity (Wildman–Crippen MR) is 76.1 cm³/mol. The van der Waals surface area contributed by atoms with E-state index < -0.39 is 9.84 Å². The Balaban J connectivity index is 2.21. The number of pyridine rings is 1. The lowest BCUT2D eigenvalue weighted by atomic mass is 10.2. The average Bonchev–Trinajstić information content (AvgIpc) is 2.37. The Morgan fingerprint density at radius 3 is 2.53 bits per heavy atom.